The molecule has 0 saturated heterocycles. The molecule has 0 aliphatic carbocycles. The molecule has 1 aromatic heterocycles. The second-order valence-electron chi connectivity index (χ2n) is 5.12. The Labute approximate surface area is 121 Å². The summed E-state index contributed by atoms with van der Waals surface area (Å²) >= 11 is 0. The second kappa shape index (κ2) is 5.48. The number of aliphatic carboxylic acids is 1. The lowest BCUT2D eigenvalue weighted by molar-refractivity contribution is -0.137. The number of carboxylic acid groups (broad SMARTS) is 1. The van der Waals surface area contributed by atoms with E-state index in [-0.39, 0.29) is 12.5 Å². The van der Waals surface area contributed by atoms with Crippen molar-refractivity contribution in [3.8, 4) is 5.75 Å². The molecule has 2 aromatic carbocycles. The zero-order chi connectivity index (χ0) is 14.8. The van der Waals surface area contributed by atoms with Crippen LogP contribution in [0.4, 0.5) is 0 Å². The number of benzene rings is 2. The van der Waals surface area contributed by atoms with Crippen LogP contribution in [0.2, 0.25) is 0 Å². The van der Waals surface area contributed by atoms with Gasteiger partial charge in [0.25, 0.3) is 0 Å². The largest absolute Gasteiger partial charge is 0.491 e. The minimum atomic E-state index is -0.804. The van der Waals surface area contributed by atoms with Crippen molar-refractivity contribution in [1.82, 2.24) is 0 Å². The highest BCUT2D eigenvalue weighted by molar-refractivity contribution is 6.05. The van der Waals surface area contributed by atoms with Crippen LogP contribution in [0.5, 0.6) is 5.75 Å². The number of carbonyl (C=O) groups is 1. The number of furan rings is 1. The van der Waals surface area contributed by atoms with E-state index >= 15 is 0 Å². The van der Waals surface area contributed by atoms with Crippen LogP contribution in [0, 0.1) is 0 Å². The first-order valence-electron chi connectivity index (χ1n) is 6.93. The van der Waals surface area contributed by atoms with Gasteiger partial charge in [0.15, 0.2) is 0 Å². The number of carboxylic acids is 1. The molecule has 1 N–H and O–H groups in total. The minimum Gasteiger partial charge on any atom is -0.491 e. The fourth-order valence-electron chi connectivity index (χ4n) is 2.40. The molecule has 0 bridgehead atoms. The summed E-state index contributed by atoms with van der Waals surface area (Å²) in [5.41, 5.74) is 1.67. The third-order valence-corrected chi connectivity index (χ3v) is 3.45. The van der Waals surface area contributed by atoms with E-state index in [0.29, 0.717) is 6.42 Å². The van der Waals surface area contributed by atoms with Gasteiger partial charge in [-0.2, -0.15) is 0 Å². The summed E-state index contributed by atoms with van der Waals surface area (Å²) in [6, 6.07) is 13.5. The average Bonchev–Trinajstić information content (AvgIpc) is 2.83. The molecule has 0 aliphatic heterocycles. The van der Waals surface area contributed by atoms with Crippen LogP contribution in [0.1, 0.15) is 19.8 Å². The predicted molar refractivity (Wildman–Crippen MR) is 80.7 cm³/mol. The van der Waals surface area contributed by atoms with Gasteiger partial charge in [-0.1, -0.05) is 18.2 Å². The van der Waals surface area contributed by atoms with Crippen molar-refractivity contribution in [2.45, 2.75) is 25.9 Å². The van der Waals surface area contributed by atoms with E-state index in [1.54, 1.807) is 0 Å². The summed E-state index contributed by atoms with van der Waals surface area (Å²) in [4.78, 5) is 10.6. The molecule has 0 spiro atoms. The second-order valence-corrected chi connectivity index (χ2v) is 5.12. The Morgan fingerprint density at radius 2 is 1.95 bits per heavy atom. The maximum Gasteiger partial charge on any atom is 0.303 e. The molecule has 3 rings (SSSR count). The fraction of sp³-hybridized carbons (Fsp3) is 0.235. The smallest absolute Gasteiger partial charge is 0.303 e. The highest BCUT2D eigenvalue weighted by atomic mass is 16.5. The Bertz CT molecular complexity index is 788. The number of hydrogen-bond donors (Lipinski definition) is 1. The summed E-state index contributed by atoms with van der Waals surface area (Å²) < 4.78 is 11.5. The first-order valence-corrected chi connectivity index (χ1v) is 6.93. The molecule has 0 saturated carbocycles. The highest BCUT2D eigenvalue weighted by Gasteiger charge is 2.10. The summed E-state index contributed by atoms with van der Waals surface area (Å²) in [5, 5.41) is 10.8. The van der Waals surface area contributed by atoms with Gasteiger partial charge < -0.3 is 14.3 Å². The van der Waals surface area contributed by atoms with Crippen LogP contribution in [-0.4, -0.2) is 17.2 Å². The molecule has 4 heteroatoms. The quantitative estimate of drug-likeness (QED) is 0.762. The Kier molecular flexibility index (Phi) is 3.52. The van der Waals surface area contributed by atoms with Gasteiger partial charge in [-0.3, -0.25) is 4.79 Å². The maximum atomic E-state index is 10.6. The van der Waals surface area contributed by atoms with E-state index in [1.807, 2.05) is 49.4 Å². The number of hydrogen-bond acceptors (Lipinski definition) is 3. The van der Waals surface area contributed by atoms with E-state index in [0.717, 1.165) is 27.7 Å². The monoisotopic (exact) mass is 284 g/mol. The molecule has 0 aliphatic rings. The Morgan fingerprint density at radius 3 is 2.76 bits per heavy atom. The van der Waals surface area contributed by atoms with Gasteiger partial charge >= 0.3 is 5.97 Å². The van der Waals surface area contributed by atoms with Gasteiger partial charge in [0, 0.05) is 17.2 Å². The molecular weight excluding hydrogens is 268 g/mol. The lowest BCUT2D eigenvalue weighted by Gasteiger charge is -2.13. The Morgan fingerprint density at radius 1 is 1.19 bits per heavy atom. The number of fused-ring (bicyclic) bond motifs is 3. The maximum absolute atomic E-state index is 10.6. The van der Waals surface area contributed by atoms with E-state index < -0.39 is 5.97 Å². The first kappa shape index (κ1) is 13.5. The summed E-state index contributed by atoms with van der Waals surface area (Å²) in [6.07, 6.45) is 0.453. The van der Waals surface area contributed by atoms with Crippen LogP contribution in [0.25, 0.3) is 21.9 Å². The standard InChI is InChI=1S/C17H16O4/c1-11(6-9-17(18)19)20-12-7-8-16-14(10-12)13-4-2-3-5-15(13)21-16/h2-5,7-8,10-11H,6,9H2,1H3,(H,18,19). The molecule has 1 heterocycles. The normalized spacial score (nSPS) is 12.6. The van der Waals surface area contributed by atoms with E-state index in [4.69, 9.17) is 14.3 Å². The molecule has 0 radical (unpaired) electrons. The zero-order valence-corrected chi connectivity index (χ0v) is 11.7. The van der Waals surface area contributed by atoms with E-state index in [1.165, 1.54) is 0 Å². The first-order chi connectivity index (χ1) is 10.1. The SMILES string of the molecule is CC(CCC(=O)O)Oc1ccc2oc3ccccc3c2c1. The molecule has 4 nitrogen and oxygen atoms in total. The van der Waals surface area contributed by atoms with Crippen LogP contribution in [0.3, 0.4) is 0 Å². The lowest BCUT2D eigenvalue weighted by Crippen LogP contribution is -2.13. The lowest BCUT2D eigenvalue weighted by atomic mass is 10.1. The predicted octanol–water partition coefficient (Wildman–Crippen LogP) is 4.22. The summed E-state index contributed by atoms with van der Waals surface area (Å²) in [5.74, 6) is -0.0753. The minimum absolute atomic E-state index is 0.109. The van der Waals surface area contributed by atoms with Crippen molar-refractivity contribution in [2.75, 3.05) is 0 Å². The number of para-hydroxylation sites is 1. The van der Waals surface area contributed by atoms with Crippen molar-refractivity contribution in [1.29, 1.82) is 0 Å². The molecule has 0 amide bonds. The van der Waals surface area contributed by atoms with Gasteiger partial charge in [-0.25, -0.2) is 0 Å². The van der Waals surface area contributed by atoms with Crippen LogP contribution >= 0.6 is 0 Å². The van der Waals surface area contributed by atoms with Crippen LogP contribution < -0.4 is 4.74 Å². The van der Waals surface area contributed by atoms with Crippen molar-refractivity contribution >= 4 is 27.9 Å². The topological polar surface area (TPSA) is 59.7 Å². The third-order valence-electron chi connectivity index (χ3n) is 3.45. The van der Waals surface area contributed by atoms with Crippen molar-refractivity contribution in [3.63, 3.8) is 0 Å². The van der Waals surface area contributed by atoms with Gasteiger partial charge in [0.2, 0.25) is 0 Å². The van der Waals surface area contributed by atoms with Crippen molar-refractivity contribution in [2.24, 2.45) is 0 Å². The van der Waals surface area contributed by atoms with Gasteiger partial charge in [0.05, 0.1) is 6.10 Å². The summed E-state index contributed by atoms with van der Waals surface area (Å²) in [7, 11) is 0. The molecular formula is C17H16O4. The highest BCUT2D eigenvalue weighted by Crippen LogP contribution is 2.31. The summed E-state index contributed by atoms with van der Waals surface area (Å²) in [6.45, 7) is 1.88. The number of ether oxygens (including phenoxy) is 1. The van der Waals surface area contributed by atoms with E-state index in [2.05, 4.69) is 0 Å². The average molecular weight is 284 g/mol. The molecule has 1 unspecified atom stereocenters. The molecule has 3 aromatic rings. The Hall–Kier alpha value is -2.49. The number of rotatable bonds is 5. The van der Waals surface area contributed by atoms with Gasteiger partial charge in [-0.15, -0.1) is 0 Å². The zero-order valence-electron chi connectivity index (χ0n) is 11.7. The molecule has 21 heavy (non-hydrogen) atoms. The molecule has 1 atom stereocenters. The van der Waals surface area contributed by atoms with Gasteiger partial charge in [-0.05, 0) is 37.6 Å². The van der Waals surface area contributed by atoms with Gasteiger partial charge in [0.1, 0.15) is 16.9 Å². The van der Waals surface area contributed by atoms with E-state index in [9.17, 15) is 4.79 Å². The van der Waals surface area contributed by atoms with Crippen LogP contribution in [0.15, 0.2) is 46.9 Å². The van der Waals surface area contributed by atoms with Crippen LogP contribution in [-0.2, 0) is 4.79 Å². The van der Waals surface area contributed by atoms with Crippen molar-refractivity contribution in [3.05, 3.63) is 42.5 Å². The Balaban J connectivity index is 1.86. The molecule has 108 valence electrons. The third kappa shape index (κ3) is 2.84. The fourth-order valence-corrected chi connectivity index (χ4v) is 2.40. The molecule has 0 fully saturated rings. The van der Waals surface area contributed by atoms with Crippen molar-refractivity contribution < 1.29 is 19.1 Å².